The third kappa shape index (κ3) is 35.4. The highest BCUT2D eigenvalue weighted by Crippen LogP contribution is 2.02. The second-order valence-corrected chi connectivity index (χ2v) is 13.8. The molecule has 20 heteroatoms. The molecule has 9 aromatic rings. The van der Waals surface area contributed by atoms with Crippen LogP contribution in [-0.2, 0) is 13.0 Å². The number of hydrogen-bond donors (Lipinski definition) is 8. The Morgan fingerprint density at radius 2 is 1.15 bits per heavy atom. The number of aliphatic hydroxyl groups excluding tert-OH is 2. The summed E-state index contributed by atoms with van der Waals surface area (Å²) in [6.45, 7) is 1.86. The van der Waals surface area contributed by atoms with Gasteiger partial charge >= 0.3 is 5.97 Å². The minimum Gasteiger partial charge on any atom is -0.477 e. The van der Waals surface area contributed by atoms with Crippen molar-refractivity contribution in [1.29, 1.82) is 0 Å². The van der Waals surface area contributed by atoms with Crippen molar-refractivity contribution in [2.45, 2.75) is 32.8 Å². The fourth-order valence-corrected chi connectivity index (χ4v) is 4.56. The number of pyridine rings is 9. The van der Waals surface area contributed by atoms with E-state index in [2.05, 4.69) is 50.3 Å². The van der Waals surface area contributed by atoms with Crippen LogP contribution < -0.4 is 28.0 Å². The Kier molecular flexibility index (Phi) is 36.4. The number of unbranched alkanes of at least 4 members (excludes halogenated alkanes) is 1. The molecule has 0 saturated heterocycles. The number of aliphatic hydroxyl groups is 2. The Hall–Kier alpha value is -9.76. The van der Waals surface area contributed by atoms with Crippen molar-refractivity contribution in [3.05, 3.63) is 269 Å². The average molecular weight is 1010 g/mol. The van der Waals surface area contributed by atoms with Crippen LogP contribution in [0, 0.1) is 0 Å². The number of hydrogen-bond acceptors (Lipinski definition) is 17. The quantitative estimate of drug-likeness (QED) is 0.0245. The molecule has 0 fully saturated rings. The Balaban J connectivity index is 0.000000418. The van der Waals surface area contributed by atoms with Crippen LogP contribution in [0.25, 0.3) is 0 Å². The maximum Gasteiger partial charge on any atom is 0.354 e. The summed E-state index contributed by atoms with van der Waals surface area (Å²) < 4.78 is 0. The Morgan fingerprint density at radius 3 is 1.46 bits per heavy atom. The number of carboxylic acid groups (broad SMARTS) is 1. The number of H-pyrrole nitrogens is 2. The first-order chi connectivity index (χ1) is 36.0. The Bertz CT molecular complexity index is 2670. The molecule has 0 spiro atoms. The fraction of sp³-hybridized carbons (Fsp3) is 0.111. The minimum absolute atomic E-state index is 0.0286. The van der Waals surface area contributed by atoms with Crippen LogP contribution in [0.4, 0.5) is 11.5 Å². The summed E-state index contributed by atoms with van der Waals surface area (Å²) in [4.78, 5) is 82.9. The lowest BCUT2D eigenvalue weighted by atomic mass is 10.1. The van der Waals surface area contributed by atoms with Gasteiger partial charge in [0.05, 0.1) is 12.3 Å². The van der Waals surface area contributed by atoms with E-state index in [4.69, 9.17) is 26.9 Å². The molecule has 10 N–H and O–H groups in total. The first-order valence-electron chi connectivity index (χ1n) is 22.2. The lowest BCUT2D eigenvalue weighted by Crippen LogP contribution is -2.07. The summed E-state index contributed by atoms with van der Waals surface area (Å²) in [6, 6.07) is 37.8. The number of carbonyl (C=O) groups is 3. The molecule has 0 unspecified atom stereocenters. The van der Waals surface area contributed by atoms with Crippen LogP contribution in [0.2, 0.25) is 0 Å². The van der Waals surface area contributed by atoms with Gasteiger partial charge in [-0.05, 0) is 123 Å². The molecule has 0 saturated carbocycles. The van der Waals surface area contributed by atoms with Crippen LogP contribution in [0.3, 0.4) is 0 Å². The smallest absolute Gasteiger partial charge is 0.354 e. The molecule has 0 aliphatic carbocycles. The molecule has 384 valence electrons. The van der Waals surface area contributed by atoms with Gasteiger partial charge in [-0.1, -0.05) is 24.3 Å². The summed E-state index contributed by atoms with van der Waals surface area (Å²) in [6.07, 6.45) is 26.7. The standard InChI is InChI=1S/C9H13NO.C7H7NO.C6H5NO2.C6H5NO.C6H7NO.C5H7N3.C5H6N2.2C5H5NO/c11-8-2-1-3-9-4-6-10-7-5-9;1-6(9)7-2-4-8-5-3-7;8-6(9)5-3-1-2-4-7-5;8-5-6-1-3-7-4-2-6;8-5-6-3-1-2-4-7-6;6-8-5-3-1-2-4-7-5;6-5-1-3-7-4-2-5;7-5-1-3-6-4-2-5;7-5-3-1-2-4-6-5/h4-7,11H,1-3,8H2;2-5H,1H3;1-4H,(H,8,9);1-5H;1-4,8H,5H2;1-4H,6H2,(H,7,8);1-4H,(H2,6,7);2*1-4H,(H,6,7). The van der Waals surface area contributed by atoms with E-state index in [9.17, 15) is 24.0 Å². The van der Waals surface area contributed by atoms with Crippen molar-refractivity contribution in [3.63, 3.8) is 0 Å². The summed E-state index contributed by atoms with van der Waals surface area (Å²) in [5, 5.41) is 25.3. The second-order valence-electron chi connectivity index (χ2n) is 13.8. The molecule has 0 aromatic carbocycles. The van der Waals surface area contributed by atoms with Gasteiger partial charge in [-0.3, -0.25) is 44.1 Å². The molecule has 20 nitrogen and oxygen atoms in total. The fourth-order valence-electron chi connectivity index (χ4n) is 4.56. The zero-order valence-corrected chi connectivity index (χ0v) is 40.6. The molecule has 0 aliphatic rings. The Labute approximate surface area is 428 Å². The van der Waals surface area contributed by atoms with Crippen molar-refractivity contribution in [3.8, 4) is 0 Å². The monoisotopic (exact) mass is 1000 g/mol. The number of aromatic carboxylic acids is 1. The average Bonchev–Trinajstić information content (AvgIpc) is 3.46. The molecule has 0 bridgehead atoms. The summed E-state index contributed by atoms with van der Waals surface area (Å²) in [5.74, 6) is 4.82. The van der Waals surface area contributed by atoms with Crippen LogP contribution in [-0.4, -0.2) is 84.8 Å². The molecule has 0 aliphatic heterocycles. The van der Waals surface area contributed by atoms with Crippen molar-refractivity contribution >= 4 is 29.5 Å². The summed E-state index contributed by atoms with van der Waals surface area (Å²) in [7, 11) is 0. The third-order valence-electron chi connectivity index (χ3n) is 8.21. The number of ketones is 1. The highest BCUT2D eigenvalue weighted by Gasteiger charge is 1.99. The van der Waals surface area contributed by atoms with E-state index in [0.29, 0.717) is 29.2 Å². The van der Waals surface area contributed by atoms with E-state index >= 15 is 0 Å². The van der Waals surface area contributed by atoms with Gasteiger partial charge in [-0.15, -0.1) is 0 Å². The van der Waals surface area contributed by atoms with Crippen molar-refractivity contribution in [2.24, 2.45) is 5.84 Å². The van der Waals surface area contributed by atoms with Gasteiger partial charge in [0.15, 0.2) is 11.2 Å². The number of nitrogen functional groups attached to an aromatic ring is 2. The number of Topliss-reactive ketones (excluding diaryl/α,β-unsaturated/α-hetero) is 1. The Morgan fingerprint density at radius 1 is 0.608 bits per heavy atom. The molecule has 0 radical (unpaired) electrons. The summed E-state index contributed by atoms with van der Waals surface area (Å²) >= 11 is 0. The lowest BCUT2D eigenvalue weighted by molar-refractivity contribution is 0.0690. The number of nitrogens with two attached hydrogens (primary N) is 2. The number of aldehydes is 1. The minimum atomic E-state index is -0.990. The van der Waals surface area contributed by atoms with Gasteiger partial charge in [0, 0.05) is 128 Å². The van der Waals surface area contributed by atoms with Crippen LogP contribution in [0.5, 0.6) is 0 Å². The SMILES string of the molecule is CC(=O)c1ccncc1.NNc1ccccn1.Nc1ccncc1.O=C(O)c1ccccn1.O=Cc1ccncc1.O=c1cc[nH]cc1.O=c1cccc[nH]1.OCCCCc1ccncc1.OCc1ccccn1. The molecule has 0 amide bonds. The zero-order chi connectivity index (χ0) is 54.1. The van der Waals surface area contributed by atoms with E-state index in [1.165, 1.54) is 42.9 Å². The number of nitrogens with zero attached hydrogens (tertiary/aromatic N) is 7. The first kappa shape index (κ1) is 62.3. The van der Waals surface area contributed by atoms with Gasteiger partial charge in [0.2, 0.25) is 5.56 Å². The second kappa shape index (κ2) is 43.3. The number of aromatic amines is 2. The first-order valence-corrected chi connectivity index (χ1v) is 22.2. The molecule has 9 rings (SSSR count). The van der Waals surface area contributed by atoms with E-state index in [1.807, 2.05) is 36.4 Å². The van der Waals surface area contributed by atoms with Gasteiger partial charge < -0.3 is 36.4 Å². The van der Waals surface area contributed by atoms with Crippen molar-refractivity contribution < 1.29 is 29.7 Å². The number of anilines is 2. The maximum absolute atomic E-state index is 10.6. The lowest BCUT2D eigenvalue weighted by Gasteiger charge is -1.97. The van der Waals surface area contributed by atoms with E-state index in [1.54, 1.807) is 153 Å². The predicted octanol–water partition coefficient (Wildman–Crippen LogP) is 6.71. The number of aromatic nitrogens is 9. The number of rotatable bonds is 9. The maximum atomic E-state index is 10.6. The van der Waals surface area contributed by atoms with Crippen molar-refractivity contribution in [1.82, 2.24) is 44.9 Å². The number of carboxylic acids is 1. The molecule has 0 atom stereocenters. The van der Waals surface area contributed by atoms with Crippen molar-refractivity contribution in [2.75, 3.05) is 17.8 Å². The molecule has 9 heterocycles. The number of hydrazine groups is 1. The number of carbonyl (C=O) groups excluding carboxylic acids is 2. The normalized spacial score (nSPS) is 8.92. The highest BCUT2D eigenvalue weighted by atomic mass is 16.4. The van der Waals surface area contributed by atoms with Gasteiger partial charge in [0.25, 0.3) is 0 Å². The number of aryl methyl sites for hydroxylation is 1. The zero-order valence-electron chi connectivity index (χ0n) is 40.6. The molecular weight excluding hydrogens is 945 g/mol. The van der Waals surface area contributed by atoms with Gasteiger partial charge in [-0.2, -0.15) is 0 Å². The molecule has 74 heavy (non-hydrogen) atoms. The molecular formula is C54H60N12O8. The predicted molar refractivity (Wildman–Crippen MR) is 284 cm³/mol. The topological polar surface area (TPSA) is 332 Å². The summed E-state index contributed by atoms with van der Waals surface area (Å²) in [5.41, 5.74) is 12.0. The van der Waals surface area contributed by atoms with E-state index < -0.39 is 5.97 Å². The largest absolute Gasteiger partial charge is 0.477 e. The van der Waals surface area contributed by atoms with E-state index in [-0.39, 0.29) is 29.1 Å². The van der Waals surface area contributed by atoms with Crippen LogP contribution in [0.15, 0.2) is 230 Å². The number of nitrogens with one attached hydrogen (secondary N) is 3. The van der Waals surface area contributed by atoms with Crippen LogP contribution >= 0.6 is 0 Å². The van der Waals surface area contributed by atoms with E-state index in [0.717, 1.165) is 31.2 Å². The van der Waals surface area contributed by atoms with Gasteiger partial charge in [-0.25, -0.2) is 20.6 Å². The van der Waals surface area contributed by atoms with Crippen LogP contribution in [0.1, 0.15) is 62.2 Å². The highest BCUT2D eigenvalue weighted by molar-refractivity contribution is 5.93. The molecule has 9 aromatic heterocycles. The third-order valence-corrected chi connectivity index (χ3v) is 8.21. The van der Waals surface area contributed by atoms with Gasteiger partial charge in [0.1, 0.15) is 17.8 Å².